The molecule has 0 saturated carbocycles. The zero-order chi connectivity index (χ0) is 11.7. The Labute approximate surface area is 97.4 Å². The Bertz CT molecular complexity index is 362. The molecule has 0 aliphatic carbocycles. The van der Waals surface area contributed by atoms with Crippen molar-refractivity contribution < 1.29 is 0 Å². The van der Waals surface area contributed by atoms with Crippen molar-refractivity contribution in [2.45, 2.75) is 38.4 Å². The van der Waals surface area contributed by atoms with Crippen LogP contribution in [0.4, 0.5) is 5.69 Å². The van der Waals surface area contributed by atoms with Crippen LogP contribution in [0.5, 0.6) is 0 Å². The molecule has 88 valence electrons. The molecule has 4 N–H and O–H groups in total. The summed E-state index contributed by atoms with van der Waals surface area (Å²) in [5, 5.41) is 0. The molecule has 1 heterocycles. The van der Waals surface area contributed by atoms with Crippen LogP contribution in [0.3, 0.4) is 0 Å². The molecular formula is C13H21N3. The Hall–Kier alpha value is -1.06. The molecule has 16 heavy (non-hydrogen) atoms. The topological polar surface area (TPSA) is 55.3 Å². The molecule has 0 aromatic heterocycles. The van der Waals surface area contributed by atoms with Gasteiger partial charge < -0.3 is 11.5 Å². The van der Waals surface area contributed by atoms with E-state index in [-0.39, 0.29) is 6.04 Å². The predicted molar refractivity (Wildman–Crippen MR) is 68.0 cm³/mol. The van der Waals surface area contributed by atoms with Crippen LogP contribution in [0.15, 0.2) is 24.3 Å². The van der Waals surface area contributed by atoms with Gasteiger partial charge in [-0.05, 0) is 38.0 Å². The smallest absolute Gasteiger partial charge is 0.0503 e. The van der Waals surface area contributed by atoms with Crippen LogP contribution < -0.4 is 11.5 Å². The van der Waals surface area contributed by atoms with Crippen LogP contribution in [-0.2, 0) is 0 Å². The highest BCUT2D eigenvalue weighted by Crippen LogP contribution is 2.33. The quantitative estimate of drug-likeness (QED) is 0.745. The van der Waals surface area contributed by atoms with Gasteiger partial charge in [-0.3, -0.25) is 4.90 Å². The third-order valence-electron chi connectivity index (χ3n) is 3.40. The van der Waals surface area contributed by atoms with E-state index in [4.69, 9.17) is 11.5 Å². The van der Waals surface area contributed by atoms with Gasteiger partial charge in [0.1, 0.15) is 0 Å². The molecular weight excluding hydrogens is 198 g/mol. The number of likely N-dealkylation sites (tertiary alicyclic amines) is 1. The minimum atomic E-state index is 0.226. The Balaban J connectivity index is 2.30. The lowest BCUT2D eigenvalue weighted by atomic mass is 9.99. The van der Waals surface area contributed by atoms with Crippen molar-refractivity contribution in [3.8, 4) is 0 Å². The van der Waals surface area contributed by atoms with E-state index < -0.39 is 0 Å². The van der Waals surface area contributed by atoms with Crippen molar-refractivity contribution in [3.05, 3.63) is 29.8 Å². The second-order valence-corrected chi connectivity index (χ2v) is 4.90. The molecule has 0 amide bonds. The molecule has 0 bridgehead atoms. The predicted octanol–water partition coefficient (Wildman–Crippen LogP) is 1.75. The minimum Gasteiger partial charge on any atom is -0.399 e. The largest absolute Gasteiger partial charge is 0.399 e. The van der Waals surface area contributed by atoms with Crippen LogP contribution in [0.1, 0.15) is 31.9 Å². The van der Waals surface area contributed by atoms with Gasteiger partial charge in [-0.15, -0.1) is 0 Å². The molecule has 0 unspecified atom stereocenters. The first kappa shape index (κ1) is 11.4. The fraction of sp³-hybridized carbons (Fsp3) is 0.538. The molecule has 2 rings (SSSR count). The average Bonchev–Trinajstić information content (AvgIpc) is 2.60. The first-order chi connectivity index (χ1) is 7.59. The average molecular weight is 219 g/mol. The summed E-state index contributed by atoms with van der Waals surface area (Å²) in [5.74, 6) is 0. The van der Waals surface area contributed by atoms with Crippen LogP contribution in [0.2, 0.25) is 0 Å². The zero-order valence-electron chi connectivity index (χ0n) is 10.1. The molecule has 1 aliphatic rings. The maximum absolute atomic E-state index is 6.21. The first-order valence-electron chi connectivity index (χ1n) is 5.96. The lowest BCUT2D eigenvalue weighted by Gasteiger charge is -2.30. The first-order valence-corrected chi connectivity index (χ1v) is 5.96. The highest BCUT2D eigenvalue weighted by molar-refractivity contribution is 5.42. The molecule has 1 aromatic rings. The normalized spacial score (nSPS) is 26.5. The lowest BCUT2D eigenvalue weighted by molar-refractivity contribution is 0.198. The van der Waals surface area contributed by atoms with Gasteiger partial charge in [-0.1, -0.05) is 12.1 Å². The number of nitrogens with two attached hydrogens (primary N) is 2. The Morgan fingerprint density at radius 3 is 2.75 bits per heavy atom. The van der Waals surface area contributed by atoms with Gasteiger partial charge in [0.05, 0.1) is 6.04 Å². The number of rotatable bonds is 2. The van der Waals surface area contributed by atoms with E-state index in [9.17, 15) is 0 Å². The summed E-state index contributed by atoms with van der Waals surface area (Å²) in [6.07, 6.45) is 1.07. The number of anilines is 1. The fourth-order valence-electron chi connectivity index (χ4n) is 2.60. The molecule has 2 atom stereocenters. The number of nitrogens with zero attached hydrogens (tertiary/aromatic N) is 1. The summed E-state index contributed by atoms with van der Waals surface area (Å²) in [5.41, 5.74) is 14.1. The summed E-state index contributed by atoms with van der Waals surface area (Å²) in [6.45, 7) is 5.52. The molecule has 1 aliphatic heterocycles. The standard InChI is InChI=1S/C13H21N3/c1-9(2)16-7-6-12(15)13(16)10-4-3-5-11(14)8-10/h3-5,8-9,12-13H,6-7,14-15H2,1-2H3/t12-,13+/m1/s1. The molecule has 3 heteroatoms. The Morgan fingerprint density at radius 2 is 2.12 bits per heavy atom. The fourth-order valence-corrected chi connectivity index (χ4v) is 2.60. The van der Waals surface area contributed by atoms with Crippen LogP contribution in [0, 0.1) is 0 Å². The van der Waals surface area contributed by atoms with Gasteiger partial charge in [0.15, 0.2) is 0 Å². The summed E-state index contributed by atoms with van der Waals surface area (Å²) in [4.78, 5) is 2.46. The Kier molecular flexibility index (Phi) is 3.17. The van der Waals surface area contributed by atoms with E-state index in [1.807, 2.05) is 18.2 Å². The molecule has 1 saturated heterocycles. The van der Waals surface area contributed by atoms with Crippen molar-refractivity contribution in [3.63, 3.8) is 0 Å². The van der Waals surface area contributed by atoms with E-state index in [2.05, 4.69) is 24.8 Å². The molecule has 0 spiro atoms. The van der Waals surface area contributed by atoms with Gasteiger partial charge in [0.25, 0.3) is 0 Å². The summed E-state index contributed by atoms with van der Waals surface area (Å²) in [6, 6.07) is 9.18. The van der Waals surface area contributed by atoms with Crippen molar-refractivity contribution >= 4 is 5.69 Å². The van der Waals surface area contributed by atoms with E-state index in [0.717, 1.165) is 18.7 Å². The summed E-state index contributed by atoms with van der Waals surface area (Å²) >= 11 is 0. The number of hydrogen-bond donors (Lipinski definition) is 2. The van der Waals surface area contributed by atoms with Crippen molar-refractivity contribution in [1.82, 2.24) is 4.90 Å². The van der Waals surface area contributed by atoms with Gasteiger partial charge in [-0.2, -0.15) is 0 Å². The van der Waals surface area contributed by atoms with E-state index in [1.54, 1.807) is 0 Å². The van der Waals surface area contributed by atoms with Crippen LogP contribution >= 0.6 is 0 Å². The molecule has 0 radical (unpaired) electrons. The maximum atomic E-state index is 6.21. The zero-order valence-corrected chi connectivity index (χ0v) is 10.1. The van der Waals surface area contributed by atoms with Crippen molar-refractivity contribution in [2.75, 3.05) is 12.3 Å². The second-order valence-electron chi connectivity index (χ2n) is 4.90. The van der Waals surface area contributed by atoms with Gasteiger partial charge >= 0.3 is 0 Å². The lowest BCUT2D eigenvalue weighted by Crippen LogP contribution is -2.35. The van der Waals surface area contributed by atoms with Crippen LogP contribution in [0.25, 0.3) is 0 Å². The van der Waals surface area contributed by atoms with Crippen molar-refractivity contribution in [2.24, 2.45) is 5.73 Å². The number of hydrogen-bond acceptors (Lipinski definition) is 3. The monoisotopic (exact) mass is 219 g/mol. The van der Waals surface area contributed by atoms with E-state index in [0.29, 0.717) is 12.1 Å². The maximum Gasteiger partial charge on any atom is 0.0503 e. The SMILES string of the molecule is CC(C)N1CC[C@@H](N)[C@@H]1c1cccc(N)c1. The summed E-state index contributed by atoms with van der Waals surface area (Å²) in [7, 11) is 0. The highest BCUT2D eigenvalue weighted by Gasteiger charge is 2.34. The molecule has 3 nitrogen and oxygen atoms in total. The van der Waals surface area contributed by atoms with E-state index >= 15 is 0 Å². The molecule has 1 aromatic carbocycles. The minimum absolute atomic E-state index is 0.226. The van der Waals surface area contributed by atoms with Gasteiger partial charge in [-0.25, -0.2) is 0 Å². The van der Waals surface area contributed by atoms with Gasteiger partial charge in [0, 0.05) is 24.3 Å². The third kappa shape index (κ3) is 2.06. The third-order valence-corrected chi connectivity index (χ3v) is 3.40. The van der Waals surface area contributed by atoms with Crippen LogP contribution in [-0.4, -0.2) is 23.5 Å². The number of nitrogen functional groups attached to an aromatic ring is 1. The summed E-state index contributed by atoms with van der Waals surface area (Å²) < 4.78 is 0. The van der Waals surface area contributed by atoms with Crippen molar-refractivity contribution in [1.29, 1.82) is 0 Å². The highest BCUT2D eigenvalue weighted by atomic mass is 15.2. The molecule has 1 fully saturated rings. The van der Waals surface area contributed by atoms with Gasteiger partial charge in [0.2, 0.25) is 0 Å². The van der Waals surface area contributed by atoms with E-state index in [1.165, 1.54) is 5.56 Å². The second kappa shape index (κ2) is 4.44. The number of benzene rings is 1. The Morgan fingerprint density at radius 1 is 1.38 bits per heavy atom.